The standard InChI is InChI=1S/C27H22ClN3O2/c28-25-16-24-26(22(17-32)29-25)23(18-33)30-31(24)27(19-10-4-1-5-11-19,20-12-6-2-7-13-20)21-14-8-3-9-15-21/h1-16,32-33H,17-18H2. The summed E-state index contributed by atoms with van der Waals surface area (Å²) in [6.07, 6.45) is 0. The van der Waals surface area contributed by atoms with Crippen molar-refractivity contribution in [1.82, 2.24) is 14.8 Å². The highest BCUT2D eigenvalue weighted by Crippen LogP contribution is 2.43. The van der Waals surface area contributed by atoms with Gasteiger partial charge in [0.1, 0.15) is 10.7 Å². The fourth-order valence-electron chi connectivity index (χ4n) is 4.64. The number of aromatic nitrogens is 3. The molecule has 5 rings (SSSR count). The van der Waals surface area contributed by atoms with Crippen LogP contribution in [0.25, 0.3) is 10.9 Å². The number of rotatable bonds is 6. The lowest BCUT2D eigenvalue weighted by Gasteiger charge is -2.37. The van der Waals surface area contributed by atoms with Crippen molar-refractivity contribution in [1.29, 1.82) is 0 Å². The molecule has 0 fully saturated rings. The summed E-state index contributed by atoms with van der Waals surface area (Å²) in [6.45, 7) is -0.612. The average molecular weight is 456 g/mol. The fourth-order valence-corrected chi connectivity index (χ4v) is 4.85. The predicted octanol–water partition coefficient (Wildman–Crippen LogP) is 4.91. The summed E-state index contributed by atoms with van der Waals surface area (Å²) in [6, 6.07) is 32.1. The van der Waals surface area contributed by atoms with E-state index in [0.717, 1.165) is 16.7 Å². The maximum Gasteiger partial charge on any atom is 0.138 e. The Morgan fingerprint density at radius 2 is 1.15 bits per heavy atom. The lowest BCUT2D eigenvalue weighted by molar-refractivity contribution is 0.272. The fraction of sp³-hybridized carbons (Fsp3) is 0.111. The SMILES string of the molecule is OCc1nc(Cl)cc2c1c(CO)nn2C(c1ccccc1)(c1ccccc1)c1ccccc1. The Balaban J connectivity index is 2.01. The van der Waals surface area contributed by atoms with Crippen molar-refractivity contribution in [3.8, 4) is 0 Å². The third-order valence-electron chi connectivity index (χ3n) is 5.97. The number of aliphatic hydroxyl groups is 2. The highest BCUT2D eigenvalue weighted by Gasteiger charge is 2.41. The Bertz CT molecular complexity index is 1290. The van der Waals surface area contributed by atoms with E-state index in [2.05, 4.69) is 41.4 Å². The van der Waals surface area contributed by atoms with E-state index in [1.807, 2.05) is 59.3 Å². The Morgan fingerprint density at radius 1 is 0.697 bits per heavy atom. The van der Waals surface area contributed by atoms with Crippen molar-refractivity contribution in [2.75, 3.05) is 0 Å². The minimum Gasteiger partial charge on any atom is -0.390 e. The molecule has 0 unspecified atom stereocenters. The molecule has 164 valence electrons. The van der Waals surface area contributed by atoms with Gasteiger partial charge >= 0.3 is 0 Å². The molecule has 33 heavy (non-hydrogen) atoms. The smallest absolute Gasteiger partial charge is 0.138 e. The van der Waals surface area contributed by atoms with Crippen LogP contribution in [0.4, 0.5) is 0 Å². The first kappa shape index (κ1) is 21.3. The zero-order valence-corrected chi connectivity index (χ0v) is 18.5. The molecule has 0 aliphatic rings. The van der Waals surface area contributed by atoms with Crippen LogP contribution < -0.4 is 0 Å². The molecule has 0 spiro atoms. The number of halogens is 1. The van der Waals surface area contributed by atoms with Crippen molar-refractivity contribution in [3.05, 3.63) is 130 Å². The first-order valence-electron chi connectivity index (χ1n) is 10.7. The summed E-state index contributed by atoms with van der Waals surface area (Å²) in [5.74, 6) is 0. The van der Waals surface area contributed by atoms with Gasteiger partial charge < -0.3 is 10.2 Å². The van der Waals surface area contributed by atoms with Gasteiger partial charge in [-0.1, -0.05) is 103 Å². The highest BCUT2D eigenvalue weighted by molar-refractivity contribution is 6.30. The Morgan fingerprint density at radius 3 is 1.58 bits per heavy atom. The van der Waals surface area contributed by atoms with Gasteiger partial charge in [-0.05, 0) is 16.7 Å². The minimum absolute atomic E-state index is 0.250. The second-order valence-electron chi connectivity index (χ2n) is 7.77. The van der Waals surface area contributed by atoms with Crippen molar-refractivity contribution < 1.29 is 10.2 Å². The summed E-state index contributed by atoms with van der Waals surface area (Å²) in [4.78, 5) is 4.29. The number of aliphatic hydroxyl groups excluding tert-OH is 2. The molecule has 0 atom stereocenters. The maximum absolute atomic E-state index is 10.2. The van der Waals surface area contributed by atoms with Crippen LogP contribution in [-0.4, -0.2) is 25.0 Å². The largest absolute Gasteiger partial charge is 0.390 e. The van der Waals surface area contributed by atoms with Gasteiger partial charge in [-0.2, -0.15) is 5.10 Å². The van der Waals surface area contributed by atoms with Gasteiger partial charge in [-0.3, -0.25) is 0 Å². The summed E-state index contributed by atoms with van der Waals surface area (Å²) in [7, 11) is 0. The molecule has 5 aromatic rings. The molecule has 0 radical (unpaired) electrons. The molecule has 0 saturated heterocycles. The van der Waals surface area contributed by atoms with Crippen LogP contribution in [0, 0.1) is 0 Å². The van der Waals surface area contributed by atoms with Gasteiger partial charge in [0.2, 0.25) is 0 Å². The van der Waals surface area contributed by atoms with Crippen LogP contribution in [0.3, 0.4) is 0 Å². The summed E-state index contributed by atoms with van der Waals surface area (Å²) < 4.78 is 1.90. The monoisotopic (exact) mass is 455 g/mol. The molecular formula is C27H22ClN3O2. The lowest BCUT2D eigenvalue weighted by atomic mass is 9.77. The van der Waals surface area contributed by atoms with Gasteiger partial charge in [0, 0.05) is 11.5 Å². The first-order valence-corrected chi connectivity index (χ1v) is 11.0. The lowest BCUT2D eigenvalue weighted by Crippen LogP contribution is -2.38. The van der Waals surface area contributed by atoms with E-state index >= 15 is 0 Å². The van der Waals surface area contributed by atoms with Crippen molar-refractivity contribution in [2.24, 2.45) is 0 Å². The summed E-state index contributed by atoms with van der Waals surface area (Å²) >= 11 is 6.39. The number of pyridine rings is 1. The van der Waals surface area contributed by atoms with Gasteiger partial charge in [0.15, 0.2) is 0 Å². The Kier molecular flexibility index (Phi) is 5.68. The van der Waals surface area contributed by atoms with Crippen LogP contribution in [0.5, 0.6) is 0 Å². The molecule has 6 heteroatoms. The van der Waals surface area contributed by atoms with E-state index in [9.17, 15) is 10.2 Å². The van der Waals surface area contributed by atoms with Gasteiger partial charge in [0.05, 0.1) is 30.1 Å². The highest BCUT2D eigenvalue weighted by atomic mass is 35.5. The number of hydrogen-bond donors (Lipinski definition) is 2. The molecule has 2 aromatic heterocycles. The summed E-state index contributed by atoms with van der Waals surface area (Å²) in [5, 5.41) is 26.0. The molecule has 0 aliphatic heterocycles. The molecule has 0 aliphatic carbocycles. The zero-order valence-electron chi connectivity index (χ0n) is 17.8. The topological polar surface area (TPSA) is 71.2 Å². The van der Waals surface area contributed by atoms with Crippen LogP contribution in [-0.2, 0) is 18.8 Å². The second kappa shape index (κ2) is 8.79. The predicted molar refractivity (Wildman–Crippen MR) is 129 cm³/mol. The maximum atomic E-state index is 10.2. The van der Waals surface area contributed by atoms with Crippen molar-refractivity contribution in [2.45, 2.75) is 18.8 Å². The molecule has 5 nitrogen and oxygen atoms in total. The Hall–Kier alpha value is -3.51. The van der Waals surface area contributed by atoms with Crippen LogP contribution in [0.15, 0.2) is 97.1 Å². The van der Waals surface area contributed by atoms with Crippen molar-refractivity contribution in [3.63, 3.8) is 0 Å². The number of nitrogens with zero attached hydrogens (tertiary/aromatic N) is 3. The van der Waals surface area contributed by atoms with E-state index in [4.69, 9.17) is 16.7 Å². The first-order chi connectivity index (χ1) is 16.2. The third kappa shape index (κ3) is 3.42. The van der Waals surface area contributed by atoms with E-state index < -0.39 is 5.54 Å². The molecule has 2 N–H and O–H groups in total. The van der Waals surface area contributed by atoms with E-state index in [1.54, 1.807) is 6.07 Å². The third-order valence-corrected chi connectivity index (χ3v) is 6.17. The normalized spacial score (nSPS) is 11.7. The molecule has 2 heterocycles. The van der Waals surface area contributed by atoms with Crippen LogP contribution in [0.1, 0.15) is 28.1 Å². The molecule has 0 amide bonds. The van der Waals surface area contributed by atoms with Gasteiger partial charge in [-0.25, -0.2) is 9.67 Å². The summed E-state index contributed by atoms with van der Waals surface area (Å²) in [5.41, 5.74) is 3.62. The van der Waals surface area contributed by atoms with E-state index in [0.29, 0.717) is 22.3 Å². The average Bonchev–Trinajstić information content (AvgIpc) is 3.25. The van der Waals surface area contributed by atoms with Gasteiger partial charge in [-0.15, -0.1) is 0 Å². The molecule has 3 aromatic carbocycles. The van der Waals surface area contributed by atoms with Crippen molar-refractivity contribution >= 4 is 22.5 Å². The van der Waals surface area contributed by atoms with Crippen LogP contribution >= 0.6 is 11.6 Å². The minimum atomic E-state index is -0.868. The molecular weight excluding hydrogens is 434 g/mol. The van der Waals surface area contributed by atoms with E-state index in [-0.39, 0.29) is 18.4 Å². The quantitative estimate of drug-likeness (QED) is 0.282. The van der Waals surface area contributed by atoms with E-state index in [1.165, 1.54) is 0 Å². The molecule has 0 saturated carbocycles. The number of hydrogen-bond acceptors (Lipinski definition) is 4. The second-order valence-corrected chi connectivity index (χ2v) is 8.16. The Labute approximate surface area is 196 Å². The van der Waals surface area contributed by atoms with Gasteiger partial charge in [0.25, 0.3) is 0 Å². The number of benzene rings is 3. The molecule has 0 bridgehead atoms. The zero-order chi connectivity index (χ0) is 22.8. The van der Waals surface area contributed by atoms with Crippen LogP contribution in [0.2, 0.25) is 5.15 Å². The number of fused-ring (bicyclic) bond motifs is 1.